The number of nitrogens with zero attached hydrogens (tertiary/aromatic N) is 2. The monoisotopic (exact) mass is 263 g/mol. The van der Waals surface area contributed by atoms with Crippen molar-refractivity contribution in [3.63, 3.8) is 0 Å². The maximum absolute atomic E-state index is 13.0. The molecule has 0 radical (unpaired) electrons. The second-order valence-electron chi connectivity index (χ2n) is 5.55. The molecule has 4 nitrogen and oxygen atoms in total. The van der Waals surface area contributed by atoms with Gasteiger partial charge in [-0.3, -0.25) is 9.48 Å². The van der Waals surface area contributed by atoms with Crippen LogP contribution in [0.1, 0.15) is 56.4 Å². The Hall–Kier alpha value is -1.16. The second-order valence-corrected chi connectivity index (χ2v) is 5.55. The Morgan fingerprint density at radius 1 is 1.37 bits per heavy atom. The molecule has 0 saturated carbocycles. The summed E-state index contributed by atoms with van der Waals surface area (Å²) in [5.74, 6) is 0.307. The lowest BCUT2D eigenvalue weighted by molar-refractivity contribution is 0.0691. The van der Waals surface area contributed by atoms with Gasteiger partial charge in [-0.15, -0.1) is 0 Å². The number of Topliss-reactive ketones (excluding diaryl/α,β-unsaturated/α-hetero) is 1. The van der Waals surface area contributed by atoms with Crippen molar-refractivity contribution >= 4 is 5.78 Å². The summed E-state index contributed by atoms with van der Waals surface area (Å²) in [4.78, 5) is 13.0. The Morgan fingerprint density at radius 2 is 2.11 bits per heavy atom. The van der Waals surface area contributed by atoms with Crippen molar-refractivity contribution in [2.75, 3.05) is 13.1 Å². The van der Waals surface area contributed by atoms with Crippen molar-refractivity contribution < 1.29 is 4.79 Å². The Balaban J connectivity index is 2.25. The maximum Gasteiger partial charge on any atom is 0.187 e. The molecule has 0 bridgehead atoms. The number of ketones is 1. The highest BCUT2D eigenvalue weighted by atomic mass is 16.1. The molecule has 0 unspecified atom stereocenters. The molecule has 1 aliphatic heterocycles. The molecule has 19 heavy (non-hydrogen) atoms. The van der Waals surface area contributed by atoms with Gasteiger partial charge in [-0.05, 0) is 44.8 Å². The third kappa shape index (κ3) is 2.89. The van der Waals surface area contributed by atoms with E-state index in [1.54, 1.807) is 6.20 Å². The summed E-state index contributed by atoms with van der Waals surface area (Å²) in [7, 11) is 0. The summed E-state index contributed by atoms with van der Waals surface area (Å²) in [5, 5.41) is 7.66. The molecule has 1 aromatic heterocycles. The first-order valence-electron chi connectivity index (χ1n) is 7.51. The first-order valence-corrected chi connectivity index (χ1v) is 7.51. The Bertz CT molecular complexity index is 413. The van der Waals surface area contributed by atoms with Crippen LogP contribution in [0.2, 0.25) is 0 Å². The number of nitrogens with one attached hydrogen (secondary N) is 1. The van der Waals surface area contributed by atoms with Crippen molar-refractivity contribution in [3.8, 4) is 0 Å². The Kier molecular flexibility index (Phi) is 4.75. The lowest BCUT2D eigenvalue weighted by atomic mass is 9.71. The van der Waals surface area contributed by atoms with Crippen LogP contribution in [-0.4, -0.2) is 28.7 Å². The lowest BCUT2D eigenvalue weighted by Crippen LogP contribution is -2.42. The van der Waals surface area contributed by atoms with E-state index in [2.05, 4.69) is 24.3 Å². The minimum atomic E-state index is -0.161. The molecule has 1 N–H and O–H groups in total. The van der Waals surface area contributed by atoms with E-state index in [4.69, 9.17) is 0 Å². The van der Waals surface area contributed by atoms with Crippen LogP contribution in [0.3, 0.4) is 0 Å². The van der Waals surface area contributed by atoms with Crippen LogP contribution in [0.15, 0.2) is 12.3 Å². The van der Waals surface area contributed by atoms with Gasteiger partial charge in [0.05, 0.1) is 0 Å². The highest BCUT2D eigenvalue weighted by molar-refractivity contribution is 5.99. The number of carbonyl (C=O) groups excluding carboxylic acids is 1. The molecule has 0 spiro atoms. The summed E-state index contributed by atoms with van der Waals surface area (Å²) in [6.07, 6.45) is 6.72. The summed E-state index contributed by atoms with van der Waals surface area (Å²) in [5.41, 5.74) is 0.642. The van der Waals surface area contributed by atoms with E-state index in [0.29, 0.717) is 5.78 Å². The van der Waals surface area contributed by atoms with E-state index < -0.39 is 0 Å². The highest BCUT2D eigenvalue weighted by Crippen LogP contribution is 2.37. The Labute approximate surface area is 115 Å². The zero-order valence-corrected chi connectivity index (χ0v) is 12.1. The first kappa shape index (κ1) is 14.3. The summed E-state index contributed by atoms with van der Waals surface area (Å²) in [6.45, 7) is 7.01. The SMILES string of the molecule is CCCn1nccc1C(=O)C1(CCC)CCNCC1. The summed E-state index contributed by atoms with van der Waals surface area (Å²) < 4.78 is 1.88. The van der Waals surface area contributed by atoms with E-state index in [1.807, 2.05) is 10.7 Å². The quantitative estimate of drug-likeness (QED) is 0.803. The molecule has 1 aliphatic rings. The average Bonchev–Trinajstić information content (AvgIpc) is 2.88. The molecule has 0 amide bonds. The molecule has 0 aromatic carbocycles. The van der Waals surface area contributed by atoms with E-state index in [1.165, 1.54) is 0 Å². The fraction of sp³-hybridized carbons (Fsp3) is 0.733. The van der Waals surface area contributed by atoms with Gasteiger partial charge in [0.1, 0.15) is 5.69 Å². The van der Waals surface area contributed by atoms with Crippen molar-refractivity contribution in [1.29, 1.82) is 0 Å². The van der Waals surface area contributed by atoms with Crippen LogP contribution < -0.4 is 5.32 Å². The van der Waals surface area contributed by atoms with Gasteiger partial charge in [0.25, 0.3) is 0 Å². The van der Waals surface area contributed by atoms with E-state index >= 15 is 0 Å². The largest absolute Gasteiger partial charge is 0.317 e. The van der Waals surface area contributed by atoms with Crippen LogP contribution in [0.25, 0.3) is 0 Å². The predicted octanol–water partition coefficient (Wildman–Crippen LogP) is 2.65. The van der Waals surface area contributed by atoms with Gasteiger partial charge < -0.3 is 5.32 Å². The van der Waals surface area contributed by atoms with Crippen LogP contribution in [-0.2, 0) is 6.54 Å². The van der Waals surface area contributed by atoms with Crippen molar-refractivity contribution in [2.24, 2.45) is 5.41 Å². The number of aryl methyl sites for hydroxylation is 1. The minimum absolute atomic E-state index is 0.161. The van der Waals surface area contributed by atoms with Gasteiger partial charge >= 0.3 is 0 Å². The van der Waals surface area contributed by atoms with Crippen molar-refractivity contribution in [3.05, 3.63) is 18.0 Å². The molecule has 0 atom stereocenters. The van der Waals surface area contributed by atoms with E-state index in [-0.39, 0.29) is 5.41 Å². The zero-order chi connectivity index (χ0) is 13.7. The number of aromatic nitrogens is 2. The fourth-order valence-corrected chi connectivity index (χ4v) is 3.16. The van der Waals surface area contributed by atoms with Crippen LogP contribution in [0.4, 0.5) is 0 Å². The van der Waals surface area contributed by atoms with Gasteiger partial charge in [-0.2, -0.15) is 5.10 Å². The fourth-order valence-electron chi connectivity index (χ4n) is 3.16. The molecule has 2 heterocycles. The highest BCUT2D eigenvalue weighted by Gasteiger charge is 2.40. The number of hydrogen-bond acceptors (Lipinski definition) is 3. The molecule has 1 saturated heterocycles. The number of carbonyl (C=O) groups is 1. The number of rotatable bonds is 6. The summed E-state index contributed by atoms with van der Waals surface area (Å²) >= 11 is 0. The number of piperidine rings is 1. The molecule has 1 aromatic rings. The smallest absolute Gasteiger partial charge is 0.187 e. The average molecular weight is 263 g/mol. The molecular weight excluding hydrogens is 238 g/mol. The van der Waals surface area contributed by atoms with Gasteiger partial charge in [0, 0.05) is 18.2 Å². The molecule has 1 fully saturated rings. The second kappa shape index (κ2) is 6.33. The lowest BCUT2D eigenvalue weighted by Gasteiger charge is -2.36. The van der Waals surface area contributed by atoms with Gasteiger partial charge in [-0.1, -0.05) is 20.3 Å². The number of hydrogen-bond donors (Lipinski definition) is 1. The van der Waals surface area contributed by atoms with Gasteiger partial charge in [0.15, 0.2) is 5.78 Å². The van der Waals surface area contributed by atoms with Crippen LogP contribution in [0.5, 0.6) is 0 Å². The molecule has 0 aliphatic carbocycles. The predicted molar refractivity (Wildman–Crippen MR) is 76.3 cm³/mol. The third-order valence-corrected chi connectivity index (χ3v) is 4.16. The van der Waals surface area contributed by atoms with E-state index in [0.717, 1.165) is 57.4 Å². The first-order chi connectivity index (χ1) is 9.23. The molecule has 106 valence electrons. The van der Waals surface area contributed by atoms with Gasteiger partial charge in [-0.25, -0.2) is 0 Å². The standard InChI is InChI=1S/C15H25N3O/c1-3-6-15(7-10-16-11-8-15)14(19)13-5-9-17-18(13)12-4-2/h5,9,16H,3-4,6-8,10-12H2,1-2H3. The van der Waals surface area contributed by atoms with Crippen LogP contribution >= 0.6 is 0 Å². The van der Waals surface area contributed by atoms with E-state index in [9.17, 15) is 4.79 Å². The Morgan fingerprint density at radius 3 is 2.74 bits per heavy atom. The molecular formula is C15H25N3O. The van der Waals surface area contributed by atoms with Crippen LogP contribution in [0, 0.1) is 5.41 Å². The third-order valence-electron chi connectivity index (χ3n) is 4.16. The molecule has 2 rings (SSSR count). The van der Waals surface area contributed by atoms with Gasteiger partial charge in [0.2, 0.25) is 0 Å². The maximum atomic E-state index is 13.0. The molecule has 4 heteroatoms. The summed E-state index contributed by atoms with van der Waals surface area (Å²) in [6, 6.07) is 1.89. The zero-order valence-electron chi connectivity index (χ0n) is 12.1. The topological polar surface area (TPSA) is 46.9 Å². The normalized spacial score (nSPS) is 18.4. The van der Waals surface area contributed by atoms with Crippen molar-refractivity contribution in [2.45, 2.75) is 52.5 Å². The minimum Gasteiger partial charge on any atom is -0.317 e. The van der Waals surface area contributed by atoms with Crippen molar-refractivity contribution in [1.82, 2.24) is 15.1 Å².